The highest BCUT2D eigenvalue weighted by Crippen LogP contribution is 2.36. The Morgan fingerprint density at radius 2 is 2.16 bits per heavy atom. The molecule has 2 aromatic carbocycles. The van der Waals surface area contributed by atoms with Gasteiger partial charge in [0.2, 0.25) is 0 Å². The van der Waals surface area contributed by atoms with E-state index in [1.54, 1.807) is 18.2 Å². The third kappa shape index (κ3) is 4.85. The number of methoxy groups -OCH3 is 1. The predicted molar refractivity (Wildman–Crippen MR) is 101 cm³/mol. The molecule has 1 amide bonds. The molecule has 0 saturated heterocycles. The number of rotatable bonds is 6. The van der Waals surface area contributed by atoms with Gasteiger partial charge < -0.3 is 9.47 Å². The van der Waals surface area contributed by atoms with E-state index >= 15 is 0 Å². The summed E-state index contributed by atoms with van der Waals surface area (Å²) in [6.07, 6.45) is 6.73. The number of nitrogens with one attached hydrogen (secondary N) is 1. The molecule has 0 aliphatic heterocycles. The smallest absolute Gasteiger partial charge is 0.271 e. The summed E-state index contributed by atoms with van der Waals surface area (Å²) >= 11 is 3.41. The SMILES string of the molecule is C#CCOc1c(Br)cc(/C=N/NC(=O)c2ccccc2C)cc1OC. The van der Waals surface area contributed by atoms with Gasteiger partial charge in [0, 0.05) is 5.56 Å². The van der Waals surface area contributed by atoms with Gasteiger partial charge in [-0.1, -0.05) is 24.1 Å². The zero-order valence-corrected chi connectivity index (χ0v) is 15.5. The number of benzene rings is 2. The van der Waals surface area contributed by atoms with Crippen LogP contribution in [0.4, 0.5) is 0 Å². The van der Waals surface area contributed by atoms with Gasteiger partial charge in [0.15, 0.2) is 11.5 Å². The van der Waals surface area contributed by atoms with Crippen molar-refractivity contribution in [2.24, 2.45) is 5.10 Å². The van der Waals surface area contributed by atoms with Crippen molar-refractivity contribution in [1.29, 1.82) is 0 Å². The van der Waals surface area contributed by atoms with Gasteiger partial charge in [-0.25, -0.2) is 5.43 Å². The van der Waals surface area contributed by atoms with Crippen LogP contribution in [0.25, 0.3) is 0 Å². The first-order valence-electron chi connectivity index (χ1n) is 7.39. The van der Waals surface area contributed by atoms with E-state index in [-0.39, 0.29) is 12.5 Å². The first kappa shape index (κ1) is 18.6. The maximum atomic E-state index is 12.1. The first-order valence-corrected chi connectivity index (χ1v) is 8.19. The molecule has 0 atom stereocenters. The van der Waals surface area contributed by atoms with Gasteiger partial charge in [-0.05, 0) is 52.2 Å². The molecule has 6 heteroatoms. The summed E-state index contributed by atoms with van der Waals surface area (Å²) in [7, 11) is 1.53. The van der Waals surface area contributed by atoms with E-state index in [4.69, 9.17) is 15.9 Å². The average Bonchev–Trinajstić information content (AvgIpc) is 2.60. The lowest BCUT2D eigenvalue weighted by Gasteiger charge is -2.11. The zero-order chi connectivity index (χ0) is 18.2. The third-order valence-electron chi connectivity index (χ3n) is 3.32. The highest BCUT2D eigenvalue weighted by atomic mass is 79.9. The van der Waals surface area contributed by atoms with Crippen LogP contribution in [0.2, 0.25) is 0 Å². The number of hydrogen-bond donors (Lipinski definition) is 1. The van der Waals surface area contributed by atoms with Crippen molar-refractivity contribution in [2.45, 2.75) is 6.92 Å². The van der Waals surface area contributed by atoms with Crippen LogP contribution in [0.3, 0.4) is 0 Å². The topological polar surface area (TPSA) is 59.9 Å². The molecule has 25 heavy (non-hydrogen) atoms. The molecule has 0 aliphatic carbocycles. The summed E-state index contributed by atoms with van der Waals surface area (Å²) in [5.74, 6) is 3.16. The summed E-state index contributed by atoms with van der Waals surface area (Å²) < 4.78 is 11.4. The predicted octanol–water partition coefficient (Wildman–Crippen LogP) is 3.54. The number of carbonyl (C=O) groups excluding carboxylic acids is 1. The number of aryl methyl sites for hydroxylation is 1. The molecule has 5 nitrogen and oxygen atoms in total. The Bertz CT molecular complexity index is 841. The summed E-state index contributed by atoms with van der Waals surface area (Å²) in [5.41, 5.74) is 4.70. The molecule has 1 N–H and O–H groups in total. The molecule has 0 spiro atoms. The summed E-state index contributed by atoms with van der Waals surface area (Å²) in [5, 5.41) is 3.99. The van der Waals surface area contributed by atoms with Gasteiger partial charge in [-0.3, -0.25) is 4.79 Å². The number of carbonyl (C=O) groups is 1. The van der Waals surface area contributed by atoms with Crippen molar-refractivity contribution >= 4 is 28.1 Å². The van der Waals surface area contributed by atoms with E-state index in [1.807, 2.05) is 25.1 Å². The van der Waals surface area contributed by atoms with Crippen molar-refractivity contribution in [3.05, 3.63) is 57.6 Å². The molecular weight excluding hydrogens is 384 g/mol. The van der Waals surface area contributed by atoms with Gasteiger partial charge in [-0.15, -0.1) is 6.42 Å². The lowest BCUT2D eigenvalue weighted by Crippen LogP contribution is -2.18. The summed E-state index contributed by atoms with van der Waals surface area (Å²) in [6, 6.07) is 10.8. The highest BCUT2D eigenvalue weighted by molar-refractivity contribution is 9.10. The summed E-state index contributed by atoms with van der Waals surface area (Å²) in [6.45, 7) is 2.00. The van der Waals surface area contributed by atoms with Crippen LogP contribution in [0, 0.1) is 19.3 Å². The Morgan fingerprint density at radius 1 is 1.40 bits per heavy atom. The van der Waals surface area contributed by atoms with Crippen LogP contribution in [-0.4, -0.2) is 25.8 Å². The molecule has 2 rings (SSSR count). The van der Waals surface area contributed by atoms with Crippen LogP contribution >= 0.6 is 15.9 Å². The first-order chi connectivity index (χ1) is 12.1. The second-order valence-electron chi connectivity index (χ2n) is 5.04. The largest absolute Gasteiger partial charge is 0.493 e. The third-order valence-corrected chi connectivity index (χ3v) is 3.91. The van der Waals surface area contributed by atoms with E-state index in [9.17, 15) is 4.79 Å². The highest BCUT2D eigenvalue weighted by Gasteiger charge is 2.11. The molecule has 0 unspecified atom stereocenters. The minimum atomic E-state index is -0.269. The van der Waals surface area contributed by atoms with Crippen molar-refractivity contribution in [3.63, 3.8) is 0 Å². The Hall–Kier alpha value is -2.78. The number of hydrazone groups is 1. The van der Waals surface area contributed by atoms with Gasteiger partial charge in [-0.2, -0.15) is 5.10 Å². The van der Waals surface area contributed by atoms with Crippen LogP contribution < -0.4 is 14.9 Å². The van der Waals surface area contributed by atoms with Gasteiger partial charge in [0.1, 0.15) is 6.61 Å². The van der Waals surface area contributed by atoms with Crippen molar-refractivity contribution < 1.29 is 14.3 Å². The lowest BCUT2D eigenvalue weighted by molar-refractivity contribution is 0.0954. The molecule has 0 aromatic heterocycles. The quantitative estimate of drug-likeness (QED) is 0.458. The number of ether oxygens (including phenoxy) is 2. The fraction of sp³-hybridized carbons (Fsp3) is 0.158. The Labute approximate surface area is 155 Å². The van der Waals surface area contributed by atoms with Crippen LogP contribution in [0.15, 0.2) is 46.0 Å². The number of nitrogens with zero attached hydrogens (tertiary/aromatic N) is 1. The number of amides is 1. The lowest BCUT2D eigenvalue weighted by atomic mass is 10.1. The minimum Gasteiger partial charge on any atom is -0.493 e. The molecule has 0 heterocycles. The molecule has 0 saturated carbocycles. The standard InChI is InChI=1S/C19H17BrN2O3/c1-4-9-25-18-16(20)10-14(11-17(18)24-3)12-21-22-19(23)15-8-6-5-7-13(15)2/h1,5-8,10-12H,9H2,2-3H3,(H,22,23)/b21-12+. The molecule has 0 aliphatic rings. The molecule has 0 bridgehead atoms. The van der Waals surface area contributed by atoms with Gasteiger partial charge in [0.05, 0.1) is 17.8 Å². The van der Waals surface area contributed by atoms with E-state index < -0.39 is 0 Å². The van der Waals surface area contributed by atoms with Crippen LogP contribution in [0.1, 0.15) is 21.5 Å². The Kier molecular flexibility index (Phi) is 6.61. The monoisotopic (exact) mass is 400 g/mol. The second kappa shape index (κ2) is 8.90. The van der Waals surface area contributed by atoms with Crippen molar-refractivity contribution in [3.8, 4) is 23.8 Å². The van der Waals surface area contributed by atoms with Gasteiger partial charge in [0.25, 0.3) is 5.91 Å². The second-order valence-corrected chi connectivity index (χ2v) is 5.90. The van der Waals surface area contributed by atoms with E-state index in [1.165, 1.54) is 13.3 Å². The van der Waals surface area contributed by atoms with Crippen LogP contribution in [0.5, 0.6) is 11.5 Å². The number of hydrogen-bond acceptors (Lipinski definition) is 4. The van der Waals surface area contributed by atoms with Crippen molar-refractivity contribution in [1.82, 2.24) is 5.43 Å². The molecular formula is C19H17BrN2O3. The van der Waals surface area contributed by atoms with Crippen molar-refractivity contribution in [2.75, 3.05) is 13.7 Å². The summed E-state index contributed by atoms with van der Waals surface area (Å²) in [4.78, 5) is 12.1. The molecule has 0 radical (unpaired) electrons. The molecule has 128 valence electrons. The van der Waals surface area contributed by atoms with Crippen LogP contribution in [-0.2, 0) is 0 Å². The number of terminal acetylenes is 1. The van der Waals surface area contributed by atoms with E-state index in [2.05, 4.69) is 32.4 Å². The van der Waals surface area contributed by atoms with Gasteiger partial charge >= 0.3 is 0 Å². The fourth-order valence-electron chi connectivity index (χ4n) is 2.12. The number of halogens is 1. The average molecular weight is 401 g/mol. The minimum absolute atomic E-state index is 0.134. The van der Waals surface area contributed by atoms with E-state index in [0.717, 1.165) is 11.1 Å². The Morgan fingerprint density at radius 3 is 2.84 bits per heavy atom. The molecule has 2 aromatic rings. The zero-order valence-electron chi connectivity index (χ0n) is 13.9. The molecule has 0 fully saturated rings. The maximum Gasteiger partial charge on any atom is 0.271 e. The Balaban J connectivity index is 2.13. The normalized spacial score (nSPS) is 10.3. The maximum absolute atomic E-state index is 12.1. The van der Waals surface area contributed by atoms with E-state index in [0.29, 0.717) is 21.5 Å². The fourth-order valence-corrected chi connectivity index (χ4v) is 2.70.